The number of hydrogen-bond acceptors (Lipinski definition) is 4. The van der Waals surface area contributed by atoms with Crippen LogP contribution in [0.25, 0.3) is 11.1 Å². The first kappa shape index (κ1) is 22.4. The highest BCUT2D eigenvalue weighted by atomic mass is 16.6. The first-order valence-corrected chi connectivity index (χ1v) is 11.7. The van der Waals surface area contributed by atoms with E-state index in [1.807, 2.05) is 13.8 Å². The number of aryl methyl sites for hydroxylation is 1. The van der Waals surface area contributed by atoms with E-state index < -0.39 is 5.54 Å². The summed E-state index contributed by atoms with van der Waals surface area (Å²) in [4.78, 5) is 15.0. The van der Waals surface area contributed by atoms with E-state index in [2.05, 4.69) is 64.8 Å². The van der Waals surface area contributed by atoms with Gasteiger partial charge in [0.25, 0.3) is 0 Å². The van der Waals surface area contributed by atoms with E-state index in [-0.39, 0.29) is 12.2 Å². The maximum absolute atomic E-state index is 12.6. The molecule has 1 amide bonds. The van der Waals surface area contributed by atoms with Crippen molar-refractivity contribution in [3.63, 3.8) is 0 Å². The molecule has 3 saturated heterocycles. The van der Waals surface area contributed by atoms with Gasteiger partial charge in [0.15, 0.2) is 0 Å². The van der Waals surface area contributed by atoms with Gasteiger partial charge >= 0.3 is 6.09 Å². The van der Waals surface area contributed by atoms with Crippen molar-refractivity contribution in [2.24, 2.45) is 5.92 Å². The molecule has 0 spiro atoms. The highest BCUT2D eigenvalue weighted by Crippen LogP contribution is 2.30. The van der Waals surface area contributed by atoms with Gasteiger partial charge in [0.05, 0.1) is 11.6 Å². The summed E-state index contributed by atoms with van der Waals surface area (Å²) in [6, 6.07) is 19.1. The number of carbonyl (C=O) groups excluding carboxylic acids is 1. The van der Waals surface area contributed by atoms with Crippen LogP contribution in [0.4, 0.5) is 4.79 Å². The van der Waals surface area contributed by atoms with Crippen LogP contribution >= 0.6 is 0 Å². The predicted octanol–water partition coefficient (Wildman–Crippen LogP) is 5.26. The Labute approximate surface area is 191 Å². The number of fused-ring (bicyclic) bond motifs is 3. The van der Waals surface area contributed by atoms with E-state index in [0.29, 0.717) is 12.3 Å². The molecule has 3 aliphatic rings. The Morgan fingerprint density at radius 2 is 1.72 bits per heavy atom. The van der Waals surface area contributed by atoms with Gasteiger partial charge in [-0.1, -0.05) is 48.5 Å². The number of amides is 1. The highest BCUT2D eigenvalue weighted by Gasteiger charge is 2.37. The van der Waals surface area contributed by atoms with E-state index in [1.165, 1.54) is 5.56 Å². The van der Waals surface area contributed by atoms with Crippen molar-refractivity contribution in [1.82, 2.24) is 10.2 Å². The van der Waals surface area contributed by atoms with E-state index >= 15 is 0 Å². The molecule has 3 heterocycles. The lowest BCUT2D eigenvalue weighted by molar-refractivity contribution is -0.0349. The molecule has 1 unspecified atom stereocenters. The fourth-order valence-electron chi connectivity index (χ4n) is 4.85. The lowest BCUT2D eigenvalue weighted by atomic mass is 9.86. The molecule has 2 aromatic rings. The molecule has 3 fully saturated rings. The Balaban J connectivity index is 1.35. The van der Waals surface area contributed by atoms with Crippen molar-refractivity contribution in [2.45, 2.75) is 57.6 Å². The Kier molecular flexibility index (Phi) is 6.81. The van der Waals surface area contributed by atoms with Crippen LogP contribution in [0.15, 0.2) is 48.5 Å². The van der Waals surface area contributed by atoms with Gasteiger partial charge in [-0.25, -0.2) is 4.79 Å². The van der Waals surface area contributed by atoms with Crippen LogP contribution in [0, 0.1) is 17.2 Å². The Bertz CT molecular complexity index is 952. The van der Waals surface area contributed by atoms with Gasteiger partial charge in [-0.05, 0) is 80.8 Å². The second-order valence-electron chi connectivity index (χ2n) is 9.62. The minimum Gasteiger partial charge on any atom is -0.445 e. The number of unbranched alkanes of at least 4 members (excludes halogenated alkanes) is 1. The van der Waals surface area contributed by atoms with Crippen molar-refractivity contribution in [1.29, 1.82) is 5.26 Å². The second kappa shape index (κ2) is 9.75. The van der Waals surface area contributed by atoms with E-state index in [0.717, 1.165) is 62.0 Å². The van der Waals surface area contributed by atoms with Crippen LogP contribution < -0.4 is 5.32 Å². The second-order valence-corrected chi connectivity index (χ2v) is 9.62. The van der Waals surface area contributed by atoms with Crippen molar-refractivity contribution in [3.8, 4) is 17.2 Å². The molecular weight excluding hydrogens is 398 g/mol. The summed E-state index contributed by atoms with van der Waals surface area (Å²) in [5.74, 6) is 0.505. The number of benzene rings is 2. The summed E-state index contributed by atoms with van der Waals surface area (Å²) >= 11 is 0. The molecule has 5 heteroatoms. The summed E-state index contributed by atoms with van der Waals surface area (Å²) in [5, 5.41) is 11.7. The molecule has 0 radical (unpaired) electrons. The van der Waals surface area contributed by atoms with E-state index in [4.69, 9.17) is 10.00 Å². The Morgan fingerprint density at radius 1 is 1.09 bits per heavy atom. The molecule has 0 aliphatic carbocycles. The maximum atomic E-state index is 12.6. The first-order valence-electron chi connectivity index (χ1n) is 11.7. The molecule has 5 nitrogen and oxygen atoms in total. The number of nitriles is 1. The fourth-order valence-corrected chi connectivity index (χ4v) is 4.85. The largest absolute Gasteiger partial charge is 0.445 e. The minimum atomic E-state index is -0.520. The lowest BCUT2D eigenvalue weighted by Gasteiger charge is -2.44. The predicted molar refractivity (Wildman–Crippen MR) is 126 cm³/mol. The zero-order valence-electron chi connectivity index (χ0n) is 19.1. The van der Waals surface area contributed by atoms with Crippen molar-refractivity contribution in [2.75, 3.05) is 19.6 Å². The highest BCUT2D eigenvalue weighted by molar-refractivity contribution is 5.69. The molecule has 3 aliphatic heterocycles. The van der Waals surface area contributed by atoms with Gasteiger partial charge in [0.2, 0.25) is 0 Å². The standard InChI is InChI=1S/C27H33N3O2/c1-27(2,29-26(31)32-25-19-30-17-14-23(25)15-18-30)24-12-10-22(11-13-24)21-8-6-20(7-9-21)5-3-4-16-28/h6-13,23,25H,3-5,14-15,17-19H2,1-2H3,(H,29,31). The SMILES string of the molecule is CC(C)(NC(=O)OC1CN2CCC1CC2)c1ccc(-c2ccc(CCCC#N)cc2)cc1. The molecule has 2 aromatic carbocycles. The number of alkyl carbamates (subject to hydrolysis) is 1. The third-order valence-electron chi connectivity index (χ3n) is 6.92. The fraction of sp³-hybridized carbons (Fsp3) is 0.481. The normalized spacial score (nSPS) is 22.2. The lowest BCUT2D eigenvalue weighted by Crippen LogP contribution is -2.53. The molecule has 5 rings (SSSR count). The summed E-state index contributed by atoms with van der Waals surface area (Å²) < 4.78 is 5.81. The van der Waals surface area contributed by atoms with Gasteiger partial charge in [-0.15, -0.1) is 0 Å². The molecule has 0 aromatic heterocycles. The monoisotopic (exact) mass is 431 g/mol. The van der Waals surface area contributed by atoms with Crippen LogP contribution in [0.5, 0.6) is 0 Å². The average Bonchev–Trinajstić information content (AvgIpc) is 2.80. The minimum absolute atomic E-state index is 0.0125. The van der Waals surface area contributed by atoms with Crippen LogP contribution in [-0.4, -0.2) is 36.7 Å². The number of ether oxygens (including phenoxy) is 1. The van der Waals surface area contributed by atoms with Gasteiger partial charge in [-0.3, -0.25) is 4.90 Å². The number of hydrogen-bond donors (Lipinski definition) is 1. The van der Waals surface area contributed by atoms with Crippen LogP contribution in [-0.2, 0) is 16.7 Å². The molecular formula is C27H33N3O2. The van der Waals surface area contributed by atoms with E-state index in [1.54, 1.807) is 0 Å². The maximum Gasteiger partial charge on any atom is 0.408 e. The number of carbonyl (C=O) groups is 1. The molecule has 32 heavy (non-hydrogen) atoms. The number of piperidine rings is 3. The molecule has 1 N–H and O–H groups in total. The zero-order valence-corrected chi connectivity index (χ0v) is 19.1. The van der Waals surface area contributed by atoms with Crippen molar-refractivity contribution >= 4 is 6.09 Å². The molecule has 1 atom stereocenters. The first-order chi connectivity index (χ1) is 15.4. The summed E-state index contributed by atoms with van der Waals surface area (Å²) in [5.41, 5.74) is 4.08. The van der Waals surface area contributed by atoms with E-state index in [9.17, 15) is 4.79 Å². The van der Waals surface area contributed by atoms with Crippen molar-refractivity contribution in [3.05, 3.63) is 59.7 Å². The number of nitrogens with zero attached hydrogens (tertiary/aromatic N) is 2. The summed E-state index contributed by atoms with van der Waals surface area (Å²) in [6.07, 6.45) is 4.37. The van der Waals surface area contributed by atoms with Crippen LogP contribution in [0.1, 0.15) is 50.7 Å². The average molecular weight is 432 g/mol. The molecule has 168 valence electrons. The van der Waals surface area contributed by atoms with Gasteiger partial charge in [0.1, 0.15) is 6.10 Å². The third kappa shape index (κ3) is 5.31. The summed E-state index contributed by atoms with van der Waals surface area (Å²) in [6.45, 7) is 7.15. The number of nitrogens with one attached hydrogen (secondary N) is 1. The quantitative estimate of drug-likeness (QED) is 0.608. The van der Waals surface area contributed by atoms with Gasteiger partial charge < -0.3 is 10.1 Å². The van der Waals surface area contributed by atoms with Gasteiger partial charge in [0, 0.05) is 13.0 Å². The summed E-state index contributed by atoms with van der Waals surface area (Å²) in [7, 11) is 0. The molecule has 0 saturated carbocycles. The molecule has 2 bridgehead atoms. The van der Waals surface area contributed by atoms with Crippen molar-refractivity contribution < 1.29 is 9.53 Å². The third-order valence-corrected chi connectivity index (χ3v) is 6.92. The van der Waals surface area contributed by atoms with Gasteiger partial charge in [-0.2, -0.15) is 5.26 Å². The zero-order chi connectivity index (χ0) is 22.6. The van der Waals surface area contributed by atoms with Crippen LogP contribution in [0.3, 0.4) is 0 Å². The smallest absolute Gasteiger partial charge is 0.408 e. The van der Waals surface area contributed by atoms with Crippen LogP contribution in [0.2, 0.25) is 0 Å². The Hall–Kier alpha value is -2.84. The topological polar surface area (TPSA) is 65.4 Å². The number of rotatable bonds is 7. The Morgan fingerprint density at radius 3 is 2.28 bits per heavy atom.